The van der Waals surface area contributed by atoms with Gasteiger partial charge in [0.15, 0.2) is 11.7 Å². The lowest BCUT2D eigenvalue weighted by molar-refractivity contribution is -0.140. The van der Waals surface area contributed by atoms with Gasteiger partial charge in [0.2, 0.25) is 0 Å². The van der Waals surface area contributed by atoms with Crippen LogP contribution in [0.5, 0.6) is 0 Å². The lowest BCUT2D eigenvalue weighted by atomic mass is 10.2. The summed E-state index contributed by atoms with van der Waals surface area (Å²) in [7, 11) is 0. The van der Waals surface area contributed by atoms with Crippen molar-refractivity contribution in [2.45, 2.75) is 32.9 Å². The second-order valence-corrected chi connectivity index (χ2v) is 6.56. The van der Waals surface area contributed by atoms with Crippen molar-refractivity contribution in [2.24, 2.45) is 4.99 Å². The van der Waals surface area contributed by atoms with E-state index in [9.17, 15) is 13.2 Å². The third-order valence-corrected chi connectivity index (χ3v) is 4.37. The maximum atomic E-state index is 12.5. The van der Waals surface area contributed by atoms with E-state index in [1.807, 2.05) is 32.2 Å². The molecule has 0 amide bonds. The largest absolute Gasteiger partial charge is 0.434 e. The molecule has 9 heteroatoms. The maximum Gasteiger partial charge on any atom is 0.434 e. The molecule has 2 N–H and O–H groups in total. The van der Waals surface area contributed by atoms with Crippen LogP contribution in [0.2, 0.25) is 0 Å². The molecule has 0 aliphatic rings. The van der Waals surface area contributed by atoms with Crippen LogP contribution < -0.4 is 10.6 Å². The highest BCUT2D eigenvalue weighted by Gasteiger charge is 2.33. The Hall–Kier alpha value is -2.16. The molecule has 0 fully saturated rings. The molecule has 0 aromatic carbocycles. The number of aliphatic imine (C=N–C) groups is 1. The first-order chi connectivity index (χ1) is 12.4. The Labute approximate surface area is 154 Å². The van der Waals surface area contributed by atoms with Crippen molar-refractivity contribution in [3.8, 4) is 0 Å². The molecule has 0 radical (unpaired) electrons. The van der Waals surface area contributed by atoms with E-state index in [0.29, 0.717) is 37.0 Å². The van der Waals surface area contributed by atoms with Crippen LogP contribution in [0, 0.1) is 6.92 Å². The summed E-state index contributed by atoms with van der Waals surface area (Å²) in [6.45, 7) is 5.65. The Morgan fingerprint density at radius 1 is 1.23 bits per heavy atom. The molecule has 2 heterocycles. The summed E-state index contributed by atoms with van der Waals surface area (Å²) in [6.07, 6.45) is -1.36. The topological polar surface area (TPSA) is 62.2 Å². The summed E-state index contributed by atoms with van der Waals surface area (Å²) in [5.74, 6) is 0.639. The number of hydrogen-bond donors (Lipinski definition) is 2. The number of guanidine groups is 1. The number of pyridine rings is 1. The van der Waals surface area contributed by atoms with E-state index in [4.69, 9.17) is 0 Å². The molecule has 26 heavy (non-hydrogen) atoms. The van der Waals surface area contributed by atoms with Gasteiger partial charge in [-0.2, -0.15) is 13.2 Å². The molecule has 0 saturated heterocycles. The lowest BCUT2D eigenvalue weighted by Crippen LogP contribution is -2.38. The second-order valence-electron chi connectivity index (χ2n) is 5.62. The average molecular weight is 385 g/mol. The third-order valence-electron chi connectivity index (χ3n) is 3.46. The Balaban J connectivity index is 1.82. The molecule has 2 aromatic rings. The van der Waals surface area contributed by atoms with Crippen molar-refractivity contribution in [3.63, 3.8) is 0 Å². The zero-order valence-corrected chi connectivity index (χ0v) is 15.5. The Kier molecular flexibility index (Phi) is 7.38. The van der Waals surface area contributed by atoms with Crippen molar-refractivity contribution in [2.75, 3.05) is 19.6 Å². The molecule has 0 aliphatic heterocycles. The molecule has 5 nitrogen and oxygen atoms in total. The van der Waals surface area contributed by atoms with E-state index in [0.717, 1.165) is 34.4 Å². The van der Waals surface area contributed by atoms with Crippen molar-refractivity contribution >= 4 is 17.3 Å². The number of alkyl halides is 3. The fourth-order valence-corrected chi connectivity index (χ4v) is 2.93. The van der Waals surface area contributed by atoms with E-state index in [1.165, 1.54) is 0 Å². The highest BCUT2D eigenvalue weighted by molar-refractivity contribution is 7.09. The number of thiazole rings is 1. The van der Waals surface area contributed by atoms with Crippen molar-refractivity contribution < 1.29 is 13.2 Å². The summed E-state index contributed by atoms with van der Waals surface area (Å²) in [4.78, 5) is 12.3. The van der Waals surface area contributed by atoms with Gasteiger partial charge < -0.3 is 10.6 Å². The van der Waals surface area contributed by atoms with E-state index in [2.05, 4.69) is 25.6 Å². The standard InChI is InChI=1S/C17H22F3N5S/c1-3-21-16(22-8-6-13-5-4-12(2)24-10-13)23-9-7-15-25-14(11-26-15)17(18,19)20/h4-5,10-11H,3,6-9H2,1-2H3,(H2,21,22,23). The van der Waals surface area contributed by atoms with Gasteiger partial charge in [0.05, 0.1) is 5.01 Å². The highest BCUT2D eigenvalue weighted by atomic mass is 32.1. The normalized spacial score (nSPS) is 12.3. The second kappa shape index (κ2) is 9.51. The maximum absolute atomic E-state index is 12.5. The summed E-state index contributed by atoms with van der Waals surface area (Å²) in [5, 5.41) is 7.81. The Morgan fingerprint density at radius 2 is 2.04 bits per heavy atom. The highest BCUT2D eigenvalue weighted by Crippen LogP contribution is 2.30. The van der Waals surface area contributed by atoms with Gasteiger partial charge in [0.1, 0.15) is 0 Å². The summed E-state index contributed by atoms with van der Waals surface area (Å²) < 4.78 is 37.6. The number of hydrogen-bond acceptors (Lipinski definition) is 4. The van der Waals surface area contributed by atoms with Gasteiger partial charge in [-0.25, -0.2) is 4.98 Å². The molecule has 2 aromatic heterocycles. The van der Waals surface area contributed by atoms with Crippen LogP contribution in [-0.2, 0) is 19.0 Å². The minimum atomic E-state index is -4.39. The molecule has 0 spiro atoms. The predicted octanol–water partition coefficient (Wildman–Crippen LogP) is 3.21. The van der Waals surface area contributed by atoms with Gasteiger partial charge in [-0.1, -0.05) is 6.07 Å². The van der Waals surface area contributed by atoms with Crippen molar-refractivity contribution in [1.29, 1.82) is 0 Å². The number of aromatic nitrogens is 2. The average Bonchev–Trinajstić information content (AvgIpc) is 3.06. The van der Waals surface area contributed by atoms with Crippen LogP contribution >= 0.6 is 11.3 Å². The van der Waals surface area contributed by atoms with Gasteiger partial charge in [0, 0.05) is 43.3 Å². The summed E-state index contributed by atoms with van der Waals surface area (Å²) >= 11 is 1.01. The van der Waals surface area contributed by atoms with E-state index in [1.54, 1.807) is 0 Å². The first-order valence-corrected chi connectivity index (χ1v) is 9.21. The fraction of sp³-hybridized carbons (Fsp3) is 0.471. The first-order valence-electron chi connectivity index (χ1n) is 8.33. The van der Waals surface area contributed by atoms with Crippen LogP contribution in [0.15, 0.2) is 28.7 Å². The lowest BCUT2D eigenvalue weighted by Gasteiger charge is -2.11. The monoisotopic (exact) mass is 385 g/mol. The van der Waals surface area contributed by atoms with Gasteiger partial charge in [-0.05, 0) is 31.9 Å². The van der Waals surface area contributed by atoms with Crippen LogP contribution in [0.4, 0.5) is 13.2 Å². The van der Waals surface area contributed by atoms with Crippen LogP contribution in [0.25, 0.3) is 0 Å². The number of rotatable bonds is 7. The minimum absolute atomic E-state index is 0.367. The van der Waals surface area contributed by atoms with Crippen molar-refractivity contribution in [1.82, 2.24) is 20.6 Å². The first kappa shape index (κ1) is 20.2. The fourth-order valence-electron chi connectivity index (χ4n) is 2.13. The Bertz CT molecular complexity index is 710. The third kappa shape index (κ3) is 6.62. The predicted molar refractivity (Wildman–Crippen MR) is 97.5 cm³/mol. The van der Waals surface area contributed by atoms with E-state index >= 15 is 0 Å². The quantitative estimate of drug-likeness (QED) is 0.568. The van der Waals surface area contributed by atoms with E-state index < -0.39 is 11.9 Å². The Morgan fingerprint density at radius 3 is 2.65 bits per heavy atom. The zero-order valence-electron chi connectivity index (χ0n) is 14.7. The molecular formula is C17H22F3N5S. The zero-order chi connectivity index (χ0) is 19.0. The van der Waals surface area contributed by atoms with Gasteiger partial charge in [-0.3, -0.25) is 9.98 Å². The SMILES string of the molecule is CCNC(=NCCc1nc(C(F)(F)F)cs1)NCCc1ccc(C)nc1. The number of nitrogens with one attached hydrogen (secondary N) is 2. The minimum Gasteiger partial charge on any atom is -0.357 e. The number of aryl methyl sites for hydroxylation is 1. The van der Waals surface area contributed by atoms with Crippen LogP contribution in [0.1, 0.15) is 28.9 Å². The molecule has 0 aliphatic carbocycles. The van der Waals surface area contributed by atoms with Crippen LogP contribution in [0.3, 0.4) is 0 Å². The van der Waals surface area contributed by atoms with Gasteiger partial charge in [0.25, 0.3) is 0 Å². The molecule has 2 rings (SSSR count). The molecule has 0 saturated carbocycles. The number of halogens is 3. The smallest absolute Gasteiger partial charge is 0.357 e. The number of nitrogens with zero attached hydrogens (tertiary/aromatic N) is 3. The summed E-state index contributed by atoms with van der Waals surface area (Å²) in [6, 6.07) is 4.01. The van der Waals surface area contributed by atoms with E-state index in [-0.39, 0.29) is 0 Å². The van der Waals surface area contributed by atoms with Gasteiger partial charge >= 0.3 is 6.18 Å². The van der Waals surface area contributed by atoms with Gasteiger partial charge in [-0.15, -0.1) is 11.3 Å². The van der Waals surface area contributed by atoms with Crippen LogP contribution in [-0.4, -0.2) is 35.6 Å². The molecule has 0 atom stereocenters. The molecule has 142 valence electrons. The van der Waals surface area contributed by atoms with Crippen molar-refractivity contribution in [3.05, 3.63) is 45.7 Å². The summed E-state index contributed by atoms with van der Waals surface area (Å²) in [5.41, 5.74) is 1.27. The molecule has 0 bridgehead atoms. The molecular weight excluding hydrogens is 363 g/mol. The molecule has 0 unspecified atom stereocenters.